The van der Waals surface area contributed by atoms with E-state index < -0.39 is 16.9 Å². The van der Waals surface area contributed by atoms with Crippen molar-refractivity contribution in [3.05, 3.63) is 16.6 Å². The van der Waals surface area contributed by atoms with Gasteiger partial charge in [0.25, 0.3) is 0 Å². The molecule has 0 atom stereocenters. The maximum absolute atomic E-state index is 11.9. The molecule has 1 amide bonds. The van der Waals surface area contributed by atoms with Crippen LogP contribution in [-0.2, 0) is 15.1 Å². The predicted octanol–water partition coefficient (Wildman–Crippen LogP) is 2.00. The topological polar surface area (TPSA) is 79.3 Å². The molecule has 0 aliphatic carbocycles. The van der Waals surface area contributed by atoms with Crippen LogP contribution in [0.4, 0.5) is 0 Å². The second-order valence-corrected chi connectivity index (χ2v) is 6.27. The molecule has 2 N–H and O–H groups in total. The summed E-state index contributed by atoms with van der Waals surface area (Å²) in [6, 6.07) is 0. The number of nitrogens with zero attached hydrogens (tertiary/aromatic N) is 1. The summed E-state index contributed by atoms with van der Waals surface area (Å²) in [4.78, 5) is 27.0. The molecule has 18 heavy (non-hydrogen) atoms. The Bertz CT molecular complexity index is 438. The highest BCUT2D eigenvalue weighted by molar-refractivity contribution is 7.09. The summed E-state index contributed by atoms with van der Waals surface area (Å²) in [7, 11) is 0. The zero-order valence-electron chi connectivity index (χ0n) is 11.0. The van der Waals surface area contributed by atoms with E-state index >= 15 is 0 Å². The first-order valence-corrected chi connectivity index (χ1v) is 6.47. The van der Waals surface area contributed by atoms with Crippen molar-refractivity contribution >= 4 is 23.2 Å². The summed E-state index contributed by atoms with van der Waals surface area (Å²) in [5.41, 5.74) is -1.65. The molecule has 6 heteroatoms. The molecule has 0 aliphatic heterocycles. The average Bonchev–Trinajstić information content (AvgIpc) is 2.67. The van der Waals surface area contributed by atoms with Gasteiger partial charge in [0.1, 0.15) is 5.01 Å². The molecule has 0 fully saturated rings. The number of aromatic nitrogens is 1. The van der Waals surface area contributed by atoms with Crippen molar-refractivity contribution in [3.63, 3.8) is 0 Å². The number of rotatable bonds is 5. The Morgan fingerprint density at radius 2 is 2.00 bits per heavy atom. The Morgan fingerprint density at radius 3 is 2.44 bits per heavy atom. The molecule has 0 radical (unpaired) electrons. The quantitative estimate of drug-likeness (QED) is 0.857. The molecule has 0 aliphatic rings. The second kappa shape index (κ2) is 5.06. The molecule has 0 aromatic carbocycles. The molecule has 1 heterocycles. The third kappa shape index (κ3) is 3.53. The molecule has 0 saturated heterocycles. The molecule has 0 spiro atoms. The summed E-state index contributed by atoms with van der Waals surface area (Å²) >= 11 is 1.45. The number of carboxylic acid groups (broad SMARTS) is 1. The molecule has 0 unspecified atom stereocenters. The zero-order valence-corrected chi connectivity index (χ0v) is 11.8. The Hall–Kier alpha value is -1.43. The van der Waals surface area contributed by atoms with Gasteiger partial charge < -0.3 is 10.4 Å². The van der Waals surface area contributed by atoms with Gasteiger partial charge in [-0.3, -0.25) is 9.59 Å². The Labute approximate surface area is 110 Å². The highest BCUT2D eigenvalue weighted by Gasteiger charge is 2.33. The molecule has 1 aromatic rings. The van der Waals surface area contributed by atoms with Crippen molar-refractivity contribution in [2.75, 3.05) is 0 Å². The summed E-state index contributed by atoms with van der Waals surface area (Å²) < 4.78 is 0. The Morgan fingerprint density at radius 1 is 1.39 bits per heavy atom. The van der Waals surface area contributed by atoms with E-state index in [0.717, 1.165) is 5.01 Å². The molecule has 0 saturated carbocycles. The first kappa shape index (κ1) is 14.6. The molecule has 1 rings (SSSR count). The molecular formula is C12H18N2O3S. The number of carbonyl (C=O) groups is 2. The van der Waals surface area contributed by atoms with Crippen LogP contribution in [0.3, 0.4) is 0 Å². The minimum absolute atomic E-state index is 0.0584. The van der Waals surface area contributed by atoms with Crippen LogP contribution in [-0.4, -0.2) is 22.0 Å². The largest absolute Gasteiger partial charge is 0.481 e. The van der Waals surface area contributed by atoms with E-state index in [9.17, 15) is 9.59 Å². The van der Waals surface area contributed by atoms with Crippen LogP contribution in [0.5, 0.6) is 0 Å². The van der Waals surface area contributed by atoms with Crippen LogP contribution in [0.15, 0.2) is 11.6 Å². The standard InChI is InChI=1S/C12H18N2O3S/c1-11(2,10(16)17)7-8(15)14-12(3,4)9-13-5-6-18-9/h5-6H,7H2,1-4H3,(H,14,15)(H,16,17). The van der Waals surface area contributed by atoms with Crippen molar-refractivity contribution < 1.29 is 14.7 Å². The van der Waals surface area contributed by atoms with E-state index in [0.29, 0.717) is 0 Å². The van der Waals surface area contributed by atoms with Crippen molar-refractivity contribution in [1.29, 1.82) is 0 Å². The lowest BCUT2D eigenvalue weighted by molar-refractivity contribution is -0.149. The van der Waals surface area contributed by atoms with Crippen molar-refractivity contribution in [2.45, 2.75) is 39.7 Å². The van der Waals surface area contributed by atoms with Gasteiger partial charge in [-0.15, -0.1) is 11.3 Å². The number of hydrogen-bond donors (Lipinski definition) is 2. The first-order valence-electron chi connectivity index (χ1n) is 5.59. The van der Waals surface area contributed by atoms with E-state index in [1.54, 1.807) is 6.20 Å². The van der Waals surface area contributed by atoms with E-state index in [1.807, 2.05) is 19.2 Å². The van der Waals surface area contributed by atoms with Gasteiger partial charge in [0.15, 0.2) is 0 Å². The van der Waals surface area contributed by atoms with Gasteiger partial charge in [0.2, 0.25) is 5.91 Å². The average molecular weight is 270 g/mol. The summed E-state index contributed by atoms with van der Waals surface area (Å²) in [6.45, 7) is 6.76. The first-order chi connectivity index (χ1) is 8.15. The summed E-state index contributed by atoms with van der Waals surface area (Å²) in [6.07, 6.45) is 1.62. The van der Waals surface area contributed by atoms with Gasteiger partial charge in [-0.2, -0.15) is 0 Å². The van der Waals surface area contributed by atoms with Crippen LogP contribution in [0.1, 0.15) is 39.1 Å². The number of aliphatic carboxylic acids is 1. The maximum Gasteiger partial charge on any atom is 0.309 e. The smallest absolute Gasteiger partial charge is 0.309 e. The van der Waals surface area contributed by atoms with Crippen LogP contribution >= 0.6 is 11.3 Å². The fourth-order valence-corrected chi connectivity index (χ4v) is 2.17. The fourth-order valence-electron chi connectivity index (χ4n) is 1.46. The molecule has 1 aromatic heterocycles. The zero-order chi connectivity index (χ0) is 14.0. The van der Waals surface area contributed by atoms with Gasteiger partial charge in [-0.05, 0) is 27.7 Å². The Balaban J connectivity index is 2.69. The molecular weight excluding hydrogens is 252 g/mol. The fraction of sp³-hybridized carbons (Fsp3) is 0.583. The number of thiazole rings is 1. The number of hydrogen-bond acceptors (Lipinski definition) is 4. The lowest BCUT2D eigenvalue weighted by Crippen LogP contribution is -2.43. The van der Waals surface area contributed by atoms with E-state index in [4.69, 9.17) is 5.11 Å². The normalized spacial score (nSPS) is 12.2. The molecule has 5 nitrogen and oxygen atoms in total. The van der Waals surface area contributed by atoms with E-state index in [-0.39, 0.29) is 12.3 Å². The van der Waals surface area contributed by atoms with Crippen LogP contribution in [0.2, 0.25) is 0 Å². The number of amides is 1. The Kier molecular flexibility index (Phi) is 4.11. The van der Waals surface area contributed by atoms with Crippen molar-refractivity contribution in [1.82, 2.24) is 10.3 Å². The van der Waals surface area contributed by atoms with Gasteiger partial charge in [-0.1, -0.05) is 0 Å². The SMILES string of the molecule is CC(C)(CC(=O)NC(C)(C)c1nccs1)C(=O)O. The lowest BCUT2D eigenvalue weighted by atomic mass is 9.89. The second-order valence-electron chi connectivity index (χ2n) is 5.38. The summed E-state index contributed by atoms with van der Waals surface area (Å²) in [5, 5.41) is 14.4. The van der Waals surface area contributed by atoms with Gasteiger partial charge >= 0.3 is 5.97 Å². The highest BCUT2D eigenvalue weighted by atomic mass is 32.1. The van der Waals surface area contributed by atoms with Gasteiger partial charge in [-0.25, -0.2) is 4.98 Å². The minimum atomic E-state index is -1.07. The maximum atomic E-state index is 11.9. The molecule has 0 bridgehead atoms. The van der Waals surface area contributed by atoms with Crippen LogP contribution in [0, 0.1) is 5.41 Å². The number of carbonyl (C=O) groups excluding carboxylic acids is 1. The van der Waals surface area contributed by atoms with Crippen LogP contribution in [0.25, 0.3) is 0 Å². The predicted molar refractivity (Wildman–Crippen MR) is 69.3 cm³/mol. The summed E-state index contributed by atoms with van der Waals surface area (Å²) in [5.74, 6) is -1.27. The third-order valence-electron chi connectivity index (χ3n) is 2.60. The monoisotopic (exact) mass is 270 g/mol. The molecule has 100 valence electrons. The number of nitrogens with one attached hydrogen (secondary N) is 1. The van der Waals surface area contributed by atoms with E-state index in [1.165, 1.54) is 25.2 Å². The van der Waals surface area contributed by atoms with Crippen molar-refractivity contribution in [3.8, 4) is 0 Å². The minimum Gasteiger partial charge on any atom is -0.481 e. The van der Waals surface area contributed by atoms with Crippen molar-refractivity contribution in [2.24, 2.45) is 5.41 Å². The van der Waals surface area contributed by atoms with Crippen LogP contribution < -0.4 is 5.32 Å². The number of carboxylic acids is 1. The highest BCUT2D eigenvalue weighted by Crippen LogP contribution is 2.25. The third-order valence-corrected chi connectivity index (χ3v) is 3.70. The lowest BCUT2D eigenvalue weighted by Gasteiger charge is -2.26. The van der Waals surface area contributed by atoms with Gasteiger partial charge in [0, 0.05) is 18.0 Å². The van der Waals surface area contributed by atoms with E-state index in [2.05, 4.69) is 10.3 Å². The van der Waals surface area contributed by atoms with Gasteiger partial charge in [0.05, 0.1) is 11.0 Å².